The van der Waals surface area contributed by atoms with Gasteiger partial charge in [-0.25, -0.2) is 0 Å². The Morgan fingerprint density at radius 3 is 2.79 bits per heavy atom. The van der Waals surface area contributed by atoms with Crippen molar-refractivity contribution in [1.82, 2.24) is 9.97 Å². The van der Waals surface area contributed by atoms with Crippen LogP contribution in [0.2, 0.25) is 0 Å². The standard InChI is InChI=1S/C16H15N3/c1-11-8-12(10-18-9-11)16(17)14-6-7-19-15-5-3-2-4-13(14)15/h2-10,16H,17H2,1H3. The van der Waals surface area contributed by atoms with Gasteiger partial charge in [0.2, 0.25) is 0 Å². The number of nitrogens with zero attached hydrogens (tertiary/aromatic N) is 2. The molecule has 0 spiro atoms. The average molecular weight is 249 g/mol. The molecule has 3 rings (SSSR count). The van der Waals surface area contributed by atoms with Gasteiger partial charge in [-0.15, -0.1) is 0 Å². The van der Waals surface area contributed by atoms with Crippen molar-refractivity contribution >= 4 is 10.9 Å². The van der Waals surface area contributed by atoms with Gasteiger partial charge in [0.25, 0.3) is 0 Å². The molecule has 0 bridgehead atoms. The van der Waals surface area contributed by atoms with Crippen molar-refractivity contribution in [1.29, 1.82) is 0 Å². The van der Waals surface area contributed by atoms with E-state index in [1.807, 2.05) is 43.6 Å². The molecule has 1 aromatic carbocycles. The molecule has 1 atom stereocenters. The molecule has 0 radical (unpaired) electrons. The lowest BCUT2D eigenvalue weighted by Crippen LogP contribution is -2.13. The molecule has 1 unspecified atom stereocenters. The third-order valence-electron chi connectivity index (χ3n) is 3.27. The maximum atomic E-state index is 6.38. The summed E-state index contributed by atoms with van der Waals surface area (Å²) in [5, 5.41) is 1.10. The fraction of sp³-hybridized carbons (Fsp3) is 0.125. The Morgan fingerprint density at radius 1 is 1.11 bits per heavy atom. The van der Waals surface area contributed by atoms with Crippen LogP contribution in [0.4, 0.5) is 0 Å². The molecule has 0 saturated heterocycles. The molecular formula is C16H15N3. The number of pyridine rings is 2. The van der Waals surface area contributed by atoms with E-state index in [-0.39, 0.29) is 6.04 Å². The lowest BCUT2D eigenvalue weighted by molar-refractivity contribution is 0.867. The highest BCUT2D eigenvalue weighted by molar-refractivity contribution is 5.82. The fourth-order valence-corrected chi connectivity index (χ4v) is 2.32. The van der Waals surface area contributed by atoms with Gasteiger partial charge >= 0.3 is 0 Å². The van der Waals surface area contributed by atoms with Crippen molar-refractivity contribution in [2.24, 2.45) is 5.73 Å². The lowest BCUT2D eigenvalue weighted by Gasteiger charge is -2.14. The molecule has 3 heteroatoms. The van der Waals surface area contributed by atoms with Crippen molar-refractivity contribution in [3.63, 3.8) is 0 Å². The van der Waals surface area contributed by atoms with E-state index >= 15 is 0 Å². The van der Waals surface area contributed by atoms with Gasteiger partial charge in [-0.3, -0.25) is 9.97 Å². The Bertz CT molecular complexity index is 717. The highest BCUT2D eigenvalue weighted by Crippen LogP contribution is 2.25. The second kappa shape index (κ2) is 4.78. The van der Waals surface area contributed by atoms with E-state index < -0.39 is 0 Å². The second-order valence-corrected chi connectivity index (χ2v) is 4.69. The van der Waals surface area contributed by atoms with E-state index in [1.54, 1.807) is 6.20 Å². The normalized spacial score (nSPS) is 12.5. The number of nitrogens with two attached hydrogens (primary N) is 1. The van der Waals surface area contributed by atoms with Crippen molar-refractivity contribution in [3.05, 3.63) is 71.7 Å². The summed E-state index contributed by atoms with van der Waals surface area (Å²) >= 11 is 0. The van der Waals surface area contributed by atoms with Crippen LogP contribution < -0.4 is 5.73 Å². The fourth-order valence-electron chi connectivity index (χ4n) is 2.32. The third-order valence-corrected chi connectivity index (χ3v) is 3.27. The maximum absolute atomic E-state index is 6.38. The first-order valence-corrected chi connectivity index (χ1v) is 6.26. The van der Waals surface area contributed by atoms with Gasteiger partial charge in [0.15, 0.2) is 0 Å². The van der Waals surface area contributed by atoms with Gasteiger partial charge < -0.3 is 5.73 Å². The number of rotatable bonds is 2. The summed E-state index contributed by atoms with van der Waals surface area (Å²) < 4.78 is 0. The zero-order valence-corrected chi connectivity index (χ0v) is 10.7. The highest BCUT2D eigenvalue weighted by atomic mass is 14.7. The third kappa shape index (κ3) is 2.20. The van der Waals surface area contributed by atoms with Gasteiger partial charge in [0.1, 0.15) is 0 Å². The summed E-state index contributed by atoms with van der Waals surface area (Å²) in [6.07, 6.45) is 5.47. The molecule has 19 heavy (non-hydrogen) atoms. The smallest absolute Gasteiger partial charge is 0.0705 e. The quantitative estimate of drug-likeness (QED) is 0.759. The van der Waals surface area contributed by atoms with Crippen molar-refractivity contribution in [2.45, 2.75) is 13.0 Å². The van der Waals surface area contributed by atoms with E-state index in [0.717, 1.165) is 27.6 Å². The van der Waals surface area contributed by atoms with E-state index in [0.29, 0.717) is 0 Å². The average Bonchev–Trinajstić information content (AvgIpc) is 2.46. The Kier molecular flexibility index (Phi) is 2.97. The molecule has 3 aromatic rings. The van der Waals surface area contributed by atoms with E-state index in [4.69, 9.17) is 5.73 Å². The summed E-state index contributed by atoms with van der Waals surface area (Å²) in [4.78, 5) is 8.58. The number of aromatic nitrogens is 2. The molecule has 2 N–H and O–H groups in total. The zero-order chi connectivity index (χ0) is 13.2. The minimum Gasteiger partial charge on any atom is -0.320 e. The van der Waals surface area contributed by atoms with Crippen LogP contribution in [0.5, 0.6) is 0 Å². The number of aryl methyl sites for hydroxylation is 1. The monoisotopic (exact) mass is 249 g/mol. The number of hydrogen-bond donors (Lipinski definition) is 1. The van der Waals surface area contributed by atoms with Crippen molar-refractivity contribution in [2.75, 3.05) is 0 Å². The summed E-state index contributed by atoms with van der Waals surface area (Å²) in [6.45, 7) is 2.02. The molecule has 3 nitrogen and oxygen atoms in total. The molecule has 94 valence electrons. The summed E-state index contributed by atoms with van der Waals surface area (Å²) in [5.41, 5.74) is 10.6. The number of hydrogen-bond acceptors (Lipinski definition) is 3. The molecule has 0 amide bonds. The van der Waals surface area contributed by atoms with Crippen LogP contribution in [0.25, 0.3) is 10.9 Å². The number of benzene rings is 1. The zero-order valence-electron chi connectivity index (χ0n) is 10.7. The van der Waals surface area contributed by atoms with Gasteiger partial charge in [-0.2, -0.15) is 0 Å². The Morgan fingerprint density at radius 2 is 1.95 bits per heavy atom. The van der Waals surface area contributed by atoms with Crippen LogP contribution in [0, 0.1) is 6.92 Å². The van der Waals surface area contributed by atoms with Gasteiger partial charge in [-0.1, -0.05) is 24.3 Å². The second-order valence-electron chi connectivity index (χ2n) is 4.69. The Hall–Kier alpha value is -2.26. The molecule has 0 saturated carbocycles. The molecular weight excluding hydrogens is 234 g/mol. The van der Waals surface area contributed by atoms with E-state index in [1.165, 1.54) is 0 Å². The minimum atomic E-state index is -0.180. The first-order chi connectivity index (χ1) is 9.25. The maximum Gasteiger partial charge on any atom is 0.0705 e. The molecule has 2 heterocycles. The van der Waals surface area contributed by atoms with Crippen LogP contribution in [0.3, 0.4) is 0 Å². The summed E-state index contributed by atoms with van der Waals surface area (Å²) in [7, 11) is 0. The van der Waals surface area contributed by atoms with Crippen molar-refractivity contribution < 1.29 is 0 Å². The lowest BCUT2D eigenvalue weighted by atomic mass is 9.97. The van der Waals surface area contributed by atoms with Crippen molar-refractivity contribution in [3.8, 4) is 0 Å². The largest absolute Gasteiger partial charge is 0.320 e. The molecule has 0 aliphatic rings. The SMILES string of the molecule is Cc1cncc(C(N)c2ccnc3ccccc23)c1. The van der Waals surface area contributed by atoms with Crippen LogP contribution in [-0.2, 0) is 0 Å². The predicted molar refractivity (Wildman–Crippen MR) is 76.7 cm³/mol. The molecule has 0 fully saturated rings. The van der Waals surface area contributed by atoms with Crippen LogP contribution in [-0.4, -0.2) is 9.97 Å². The molecule has 0 aliphatic heterocycles. The van der Waals surface area contributed by atoms with Crippen LogP contribution in [0.1, 0.15) is 22.7 Å². The van der Waals surface area contributed by atoms with E-state index in [9.17, 15) is 0 Å². The van der Waals surface area contributed by atoms with Gasteiger partial charge in [0, 0.05) is 24.0 Å². The first kappa shape index (κ1) is 11.8. The summed E-state index contributed by atoms with van der Waals surface area (Å²) in [6, 6.07) is 11.9. The number of fused-ring (bicyclic) bond motifs is 1. The Balaban J connectivity index is 2.14. The van der Waals surface area contributed by atoms with Crippen LogP contribution in [0.15, 0.2) is 55.0 Å². The van der Waals surface area contributed by atoms with Gasteiger partial charge in [0.05, 0.1) is 11.6 Å². The Labute approximate surface area is 112 Å². The molecule has 0 aliphatic carbocycles. The van der Waals surface area contributed by atoms with E-state index in [2.05, 4.69) is 22.1 Å². The predicted octanol–water partition coefficient (Wildman–Crippen LogP) is 2.99. The highest BCUT2D eigenvalue weighted by Gasteiger charge is 2.12. The topological polar surface area (TPSA) is 51.8 Å². The van der Waals surface area contributed by atoms with Crippen LogP contribution >= 0.6 is 0 Å². The number of para-hydroxylation sites is 1. The molecule has 2 aromatic heterocycles. The van der Waals surface area contributed by atoms with Gasteiger partial charge in [-0.05, 0) is 35.7 Å². The summed E-state index contributed by atoms with van der Waals surface area (Å²) in [5.74, 6) is 0. The first-order valence-electron chi connectivity index (χ1n) is 6.26. The minimum absolute atomic E-state index is 0.180.